The van der Waals surface area contributed by atoms with Gasteiger partial charge >= 0.3 is 0 Å². The third-order valence-corrected chi connectivity index (χ3v) is 4.04. The van der Waals surface area contributed by atoms with Crippen molar-refractivity contribution in [1.82, 2.24) is 4.73 Å². The van der Waals surface area contributed by atoms with E-state index in [2.05, 4.69) is 5.32 Å². The minimum atomic E-state index is -0.578. The SMILES string of the molecule is Cc1cccc(COn2cccc(C(=O)Nc3ccc(C(N)=O)cc3)c2=O)c1. The fourth-order valence-corrected chi connectivity index (χ4v) is 2.61. The summed E-state index contributed by atoms with van der Waals surface area (Å²) in [4.78, 5) is 41.6. The zero-order valence-corrected chi connectivity index (χ0v) is 15.2. The van der Waals surface area contributed by atoms with Crippen LogP contribution in [0.4, 0.5) is 5.69 Å². The average Bonchev–Trinajstić information content (AvgIpc) is 2.67. The maximum absolute atomic E-state index is 12.5. The Morgan fingerprint density at radius 3 is 2.50 bits per heavy atom. The molecule has 0 atom stereocenters. The second-order valence-corrected chi connectivity index (χ2v) is 6.21. The van der Waals surface area contributed by atoms with Crippen molar-refractivity contribution in [2.75, 3.05) is 5.32 Å². The molecule has 7 heteroatoms. The van der Waals surface area contributed by atoms with Crippen molar-refractivity contribution in [3.63, 3.8) is 0 Å². The summed E-state index contributed by atoms with van der Waals surface area (Å²) in [6, 6.07) is 16.8. The fourth-order valence-electron chi connectivity index (χ4n) is 2.61. The molecule has 1 aromatic heterocycles. The Hall–Kier alpha value is -3.87. The molecule has 0 saturated heterocycles. The third kappa shape index (κ3) is 4.45. The number of nitrogens with zero attached hydrogens (tertiary/aromatic N) is 1. The molecule has 2 amide bonds. The first-order valence-electron chi connectivity index (χ1n) is 8.56. The number of carbonyl (C=O) groups excluding carboxylic acids is 2. The van der Waals surface area contributed by atoms with E-state index >= 15 is 0 Å². The van der Waals surface area contributed by atoms with E-state index in [1.54, 1.807) is 6.07 Å². The molecule has 2 aromatic carbocycles. The quantitative estimate of drug-likeness (QED) is 0.687. The minimum Gasteiger partial charge on any atom is -0.406 e. The number of amides is 2. The van der Waals surface area contributed by atoms with Crippen LogP contribution in [0.2, 0.25) is 0 Å². The van der Waals surface area contributed by atoms with Crippen LogP contribution in [0.15, 0.2) is 71.7 Å². The van der Waals surface area contributed by atoms with E-state index in [0.717, 1.165) is 15.9 Å². The highest BCUT2D eigenvalue weighted by Gasteiger charge is 2.13. The molecule has 0 aliphatic carbocycles. The lowest BCUT2D eigenvalue weighted by Gasteiger charge is -2.11. The molecule has 3 aromatic rings. The monoisotopic (exact) mass is 377 g/mol. The Balaban J connectivity index is 1.73. The fraction of sp³-hybridized carbons (Fsp3) is 0.0952. The minimum absolute atomic E-state index is 0.0641. The normalized spacial score (nSPS) is 10.3. The van der Waals surface area contributed by atoms with Crippen LogP contribution in [-0.2, 0) is 6.61 Å². The van der Waals surface area contributed by atoms with Crippen LogP contribution in [0.3, 0.4) is 0 Å². The van der Waals surface area contributed by atoms with Crippen molar-refractivity contribution < 1.29 is 14.4 Å². The van der Waals surface area contributed by atoms with E-state index in [1.807, 2.05) is 31.2 Å². The van der Waals surface area contributed by atoms with Crippen molar-refractivity contribution in [1.29, 1.82) is 0 Å². The van der Waals surface area contributed by atoms with Gasteiger partial charge in [0.05, 0.1) is 0 Å². The smallest absolute Gasteiger partial charge is 0.295 e. The number of nitrogens with one attached hydrogen (secondary N) is 1. The molecule has 7 nitrogen and oxygen atoms in total. The van der Waals surface area contributed by atoms with Gasteiger partial charge in [-0.15, -0.1) is 0 Å². The van der Waals surface area contributed by atoms with Gasteiger partial charge in [0.15, 0.2) is 0 Å². The molecule has 0 fully saturated rings. The molecule has 28 heavy (non-hydrogen) atoms. The molecule has 3 rings (SSSR count). The Bertz CT molecular complexity index is 1070. The summed E-state index contributed by atoms with van der Waals surface area (Å²) < 4.78 is 1.04. The number of benzene rings is 2. The highest BCUT2D eigenvalue weighted by Crippen LogP contribution is 2.10. The van der Waals surface area contributed by atoms with Crippen molar-refractivity contribution in [2.45, 2.75) is 13.5 Å². The molecule has 3 N–H and O–H groups in total. The number of rotatable bonds is 6. The lowest BCUT2D eigenvalue weighted by Crippen LogP contribution is -2.32. The molecule has 0 aliphatic rings. The first kappa shape index (κ1) is 18.9. The first-order chi connectivity index (χ1) is 13.4. The predicted octanol–water partition coefficient (Wildman–Crippen LogP) is 2.14. The van der Waals surface area contributed by atoms with Gasteiger partial charge in [0.2, 0.25) is 5.91 Å². The highest BCUT2D eigenvalue weighted by molar-refractivity contribution is 6.04. The van der Waals surface area contributed by atoms with Gasteiger partial charge in [-0.05, 0) is 48.9 Å². The third-order valence-electron chi connectivity index (χ3n) is 4.04. The van der Waals surface area contributed by atoms with Crippen molar-refractivity contribution >= 4 is 17.5 Å². The van der Waals surface area contributed by atoms with Gasteiger partial charge in [0, 0.05) is 17.4 Å². The summed E-state index contributed by atoms with van der Waals surface area (Å²) in [6.07, 6.45) is 1.45. The van der Waals surface area contributed by atoms with Crippen LogP contribution >= 0.6 is 0 Å². The van der Waals surface area contributed by atoms with E-state index in [0.29, 0.717) is 11.3 Å². The summed E-state index contributed by atoms with van der Waals surface area (Å²) >= 11 is 0. The van der Waals surface area contributed by atoms with E-state index < -0.39 is 17.4 Å². The number of anilines is 1. The number of pyridine rings is 1. The summed E-state index contributed by atoms with van der Waals surface area (Å²) in [6.45, 7) is 2.16. The number of primary amides is 1. The first-order valence-corrected chi connectivity index (χ1v) is 8.56. The molecule has 0 radical (unpaired) electrons. The van der Waals surface area contributed by atoms with Crippen LogP contribution in [-0.4, -0.2) is 16.5 Å². The Morgan fingerprint density at radius 1 is 1.07 bits per heavy atom. The standard InChI is InChI=1S/C21H19N3O4/c1-14-4-2-5-15(12-14)13-28-24-11-3-6-18(21(24)27)20(26)23-17-9-7-16(8-10-17)19(22)25/h2-12H,13H2,1H3,(H2,22,25)(H,23,26). The molecule has 0 spiro atoms. The van der Waals surface area contributed by atoms with Gasteiger partial charge < -0.3 is 15.9 Å². The van der Waals surface area contributed by atoms with Gasteiger partial charge in [-0.2, -0.15) is 4.73 Å². The van der Waals surface area contributed by atoms with E-state index in [4.69, 9.17) is 10.6 Å². The number of hydrogen-bond donors (Lipinski definition) is 2. The number of aromatic nitrogens is 1. The van der Waals surface area contributed by atoms with Crippen LogP contribution in [0, 0.1) is 6.92 Å². The Morgan fingerprint density at radius 2 is 1.82 bits per heavy atom. The van der Waals surface area contributed by atoms with E-state index in [9.17, 15) is 14.4 Å². The summed E-state index contributed by atoms with van der Waals surface area (Å²) in [7, 11) is 0. The lowest BCUT2D eigenvalue weighted by atomic mass is 10.1. The lowest BCUT2D eigenvalue weighted by molar-refractivity contribution is 0.0863. The van der Waals surface area contributed by atoms with Crippen LogP contribution in [0.1, 0.15) is 31.8 Å². The Kier molecular flexibility index (Phi) is 5.55. The number of hydrogen-bond acceptors (Lipinski definition) is 4. The van der Waals surface area contributed by atoms with Gasteiger partial charge in [-0.1, -0.05) is 29.8 Å². The highest BCUT2D eigenvalue weighted by atomic mass is 16.7. The molecule has 1 heterocycles. The number of aryl methyl sites for hydroxylation is 1. The molecule has 0 aliphatic heterocycles. The second-order valence-electron chi connectivity index (χ2n) is 6.21. The number of carbonyl (C=O) groups is 2. The summed E-state index contributed by atoms with van der Waals surface area (Å²) in [5.74, 6) is -1.14. The maximum atomic E-state index is 12.5. The van der Waals surface area contributed by atoms with E-state index in [-0.39, 0.29) is 12.2 Å². The van der Waals surface area contributed by atoms with Crippen LogP contribution in [0.5, 0.6) is 0 Å². The van der Waals surface area contributed by atoms with Crippen molar-refractivity contribution in [3.05, 3.63) is 99.5 Å². The molecule has 0 bridgehead atoms. The van der Waals surface area contributed by atoms with Crippen LogP contribution in [0.25, 0.3) is 0 Å². The van der Waals surface area contributed by atoms with Gasteiger partial charge in [-0.3, -0.25) is 14.4 Å². The van der Waals surface area contributed by atoms with Gasteiger partial charge in [0.1, 0.15) is 12.2 Å². The molecular weight excluding hydrogens is 358 g/mol. The van der Waals surface area contributed by atoms with Crippen LogP contribution < -0.4 is 21.4 Å². The topological polar surface area (TPSA) is 103 Å². The summed E-state index contributed by atoms with van der Waals surface area (Å²) in [5, 5.41) is 2.61. The molecule has 142 valence electrons. The van der Waals surface area contributed by atoms with Gasteiger partial charge in [0.25, 0.3) is 11.5 Å². The molecular formula is C21H19N3O4. The average molecular weight is 377 g/mol. The Labute approximate surface area is 161 Å². The molecule has 0 unspecified atom stereocenters. The van der Waals surface area contributed by atoms with E-state index in [1.165, 1.54) is 36.5 Å². The zero-order chi connectivity index (χ0) is 20.1. The van der Waals surface area contributed by atoms with Gasteiger partial charge in [-0.25, -0.2) is 0 Å². The maximum Gasteiger partial charge on any atom is 0.295 e. The predicted molar refractivity (Wildman–Crippen MR) is 105 cm³/mol. The number of nitrogens with two attached hydrogens (primary N) is 1. The second kappa shape index (κ2) is 8.22. The summed E-state index contributed by atoms with van der Waals surface area (Å²) in [5.41, 5.74) is 7.31. The largest absolute Gasteiger partial charge is 0.406 e. The zero-order valence-electron chi connectivity index (χ0n) is 15.2. The van der Waals surface area contributed by atoms with Crippen molar-refractivity contribution in [2.24, 2.45) is 5.73 Å². The molecule has 0 saturated carbocycles. The van der Waals surface area contributed by atoms with Crippen molar-refractivity contribution in [3.8, 4) is 0 Å².